The minimum Gasteiger partial charge on any atom is -0.448 e. The maximum atomic E-state index is 12.8. The maximum Gasteiger partial charge on any atom is 0.360 e. The largest absolute Gasteiger partial charge is 0.448 e. The van der Waals surface area contributed by atoms with E-state index in [-0.39, 0.29) is 11.3 Å². The van der Waals surface area contributed by atoms with Gasteiger partial charge in [-0.25, -0.2) is 9.48 Å². The predicted octanol–water partition coefficient (Wildman–Crippen LogP) is 3.75. The van der Waals surface area contributed by atoms with E-state index in [0.717, 1.165) is 10.8 Å². The number of aryl methyl sites for hydroxylation is 1. The number of fused-ring (bicyclic) bond motifs is 2. The molecule has 0 spiro atoms. The summed E-state index contributed by atoms with van der Waals surface area (Å²) < 4.78 is 6.61. The van der Waals surface area contributed by atoms with Crippen molar-refractivity contribution in [1.29, 1.82) is 0 Å². The minimum atomic E-state index is -1.06. The standard InChI is InChI=1S/C24H21N3O4/c1-3-27-23(29)19-13-7-6-12-18(19)21(26-27)24(30)31-15(2)22(28)25-20-14-8-10-16-9-4-5-11-17(16)20/h4-15H,3H2,1-2H3,(H,25,28)/t15-/m1/s1. The molecule has 4 rings (SSSR count). The lowest BCUT2D eigenvalue weighted by Gasteiger charge is -2.15. The lowest BCUT2D eigenvalue weighted by molar-refractivity contribution is -0.123. The highest BCUT2D eigenvalue weighted by molar-refractivity contribution is 6.06. The summed E-state index contributed by atoms with van der Waals surface area (Å²) in [5.41, 5.74) is 0.354. The van der Waals surface area contributed by atoms with Gasteiger partial charge in [-0.2, -0.15) is 5.10 Å². The molecule has 0 aliphatic carbocycles. The minimum absolute atomic E-state index is 0.00172. The van der Waals surface area contributed by atoms with E-state index < -0.39 is 18.0 Å². The summed E-state index contributed by atoms with van der Waals surface area (Å²) in [6.45, 7) is 3.57. The number of ether oxygens (including phenoxy) is 1. The number of aromatic nitrogens is 2. The molecule has 4 aromatic rings. The molecular formula is C24H21N3O4. The van der Waals surface area contributed by atoms with Gasteiger partial charge >= 0.3 is 5.97 Å². The number of carbonyl (C=O) groups is 2. The molecule has 0 bridgehead atoms. The van der Waals surface area contributed by atoms with Gasteiger partial charge in [0.05, 0.1) is 5.39 Å². The average Bonchev–Trinajstić information content (AvgIpc) is 2.79. The van der Waals surface area contributed by atoms with Crippen LogP contribution in [0.4, 0.5) is 5.69 Å². The molecule has 31 heavy (non-hydrogen) atoms. The number of hydrogen-bond acceptors (Lipinski definition) is 5. The molecule has 0 aliphatic heterocycles. The summed E-state index contributed by atoms with van der Waals surface area (Å²) >= 11 is 0. The topological polar surface area (TPSA) is 90.3 Å². The molecule has 0 unspecified atom stereocenters. The van der Waals surface area contributed by atoms with Gasteiger partial charge in [0.25, 0.3) is 11.5 Å². The summed E-state index contributed by atoms with van der Waals surface area (Å²) in [5, 5.41) is 9.62. The van der Waals surface area contributed by atoms with Crippen molar-refractivity contribution in [3.8, 4) is 0 Å². The highest BCUT2D eigenvalue weighted by Crippen LogP contribution is 2.23. The van der Waals surface area contributed by atoms with Crippen LogP contribution in [-0.4, -0.2) is 27.8 Å². The number of carbonyl (C=O) groups excluding carboxylic acids is 2. The zero-order valence-electron chi connectivity index (χ0n) is 17.2. The van der Waals surface area contributed by atoms with Gasteiger partial charge in [-0.3, -0.25) is 9.59 Å². The number of rotatable bonds is 5. The summed E-state index contributed by atoms with van der Waals surface area (Å²) in [6.07, 6.45) is -1.06. The molecule has 1 aromatic heterocycles. The van der Waals surface area contributed by atoms with Crippen molar-refractivity contribution in [2.45, 2.75) is 26.5 Å². The molecule has 3 aromatic carbocycles. The second-order valence-electron chi connectivity index (χ2n) is 7.08. The van der Waals surface area contributed by atoms with Crippen LogP contribution in [0.3, 0.4) is 0 Å². The third kappa shape index (κ3) is 3.90. The van der Waals surface area contributed by atoms with Crippen LogP contribution < -0.4 is 10.9 Å². The third-order valence-corrected chi connectivity index (χ3v) is 5.06. The first-order valence-corrected chi connectivity index (χ1v) is 9.99. The van der Waals surface area contributed by atoms with Crippen LogP contribution in [0.15, 0.2) is 71.5 Å². The Morgan fingerprint density at radius 1 is 0.968 bits per heavy atom. The Balaban J connectivity index is 1.58. The van der Waals surface area contributed by atoms with Gasteiger partial charge in [-0.15, -0.1) is 0 Å². The first-order chi connectivity index (χ1) is 15.0. The Hall–Kier alpha value is -4.00. The van der Waals surface area contributed by atoms with E-state index in [2.05, 4.69) is 10.4 Å². The molecule has 0 radical (unpaired) electrons. The molecular weight excluding hydrogens is 394 g/mol. The van der Waals surface area contributed by atoms with Crippen LogP contribution in [0.5, 0.6) is 0 Å². The fourth-order valence-corrected chi connectivity index (χ4v) is 3.44. The van der Waals surface area contributed by atoms with Crippen LogP contribution in [-0.2, 0) is 16.1 Å². The SMILES string of the molecule is CCn1nc(C(=O)O[C@H](C)C(=O)Nc2cccc3ccccc23)c2ccccc2c1=O. The first kappa shape index (κ1) is 20.3. The molecule has 7 nitrogen and oxygen atoms in total. The van der Waals surface area contributed by atoms with Crippen molar-refractivity contribution < 1.29 is 14.3 Å². The summed E-state index contributed by atoms with van der Waals surface area (Å²) in [7, 11) is 0. The molecule has 1 heterocycles. The average molecular weight is 415 g/mol. The van der Waals surface area contributed by atoms with E-state index in [1.54, 1.807) is 37.3 Å². The molecule has 1 N–H and O–H groups in total. The highest BCUT2D eigenvalue weighted by Gasteiger charge is 2.23. The summed E-state index contributed by atoms with van der Waals surface area (Å²) in [6, 6.07) is 20.0. The third-order valence-electron chi connectivity index (χ3n) is 5.06. The van der Waals surface area contributed by atoms with Crippen molar-refractivity contribution in [2.75, 3.05) is 5.32 Å². The Bertz CT molecular complexity index is 1350. The number of hydrogen-bond donors (Lipinski definition) is 1. The van der Waals surface area contributed by atoms with E-state index in [9.17, 15) is 14.4 Å². The quantitative estimate of drug-likeness (QED) is 0.501. The Labute approximate surface area is 178 Å². The second-order valence-corrected chi connectivity index (χ2v) is 7.08. The Kier molecular flexibility index (Phi) is 5.49. The second kappa shape index (κ2) is 8.39. The highest BCUT2D eigenvalue weighted by atomic mass is 16.5. The molecule has 0 saturated heterocycles. The molecule has 0 saturated carbocycles. The van der Waals surface area contributed by atoms with Gasteiger partial charge in [0.2, 0.25) is 0 Å². The number of esters is 1. The monoisotopic (exact) mass is 415 g/mol. The van der Waals surface area contributed by atoms with Gasteiger partial charge in [0.15, 0.2) is 11.8 Å². The Morgan fingerprint density at radius 3 is 2.35 bits per heavy atom. The lowest BCUT2D eigenvalue weighted by Crippen LogP contribution is -2.32. The van der Waals surface area contributed by atoms with Crippen molar-refractivity contribution in [3.63, 3.8) is 0 Å². The number of benzene rings is 3. The van der Waals surface area contributed by atoms with E-state index in [1.807, 2.05) is 36.4 Å². The van der Waals surface area contributed by atoms with Crippen molar-refractivity contribution in [1.82, 2.24) is 9.78 Å². The molecule has 1 amide bonds. The van der Waals surface area contributed by atoms with Gasteiger partial charge in [0, 0.05) is 23.0 Å². The molecule has 0 fully saturated rings. The summed E-state index contributed by atoms with van der Waals surface area (Å²) in [5.74, 6) is -1.23. The molecule has 0 aliphatic rings. The maximum absolute atomic E-state index is 12.8. The van der Waals surface area contributed by atoms with E-state index >= 15 is 0 Å². The van der Waals surface area contributed by atoms with Crippen LogP contribution in [0.2, 0.25) is 0 Å². The van der Waals surface area contributed by atoms with Crippen molar-refractivity contribution in [2.24, 2.45) is 0 Å². The van der Waals surface area contributed by atoms with E-state index in [0.29, 0.717) is 23.0 Å². The smallest absolute Gasteiger partial charge is 0.360 e. The molecule has 7 heteroatoms. The van der Waals surface area contributed by atoms with Crippen LogP contribution in [0.25, 0.3) is 21.5 Å². The van der Waals surface area contributed by atoms with Gasteiger partial charge in [0.1, 0.15) is 0 Å². The fraction of sp³-hybridized carbons (Fsp3) is 0.167. The zero-order chi connectivity index (χ0) is 22.0. The van der Waals surface area contributed by atoms with Crippen LogP contribution >= 0.6 is 0 Å². The molecule has 156 valence electrons. The van der Waals surface area contributed by atoms with Crippen molar-refractivity contribution in [3.05, 3.63) is 82.8 Å². The number of nitrogens with one attached hydrogen (secondary N) is 1. The normalized spacial score (nSPS) is 11.9. The molecule has 1 atom stereocenters. The van der Waals surface area contributed by atoms with Crippen molar-refractivity contribution >= 4 is 39.1 Å². The van der Waals surface area contributed by atoms with Gasteiger partial charge in [-0.05, 0) is 31.4 Å². The van der Waals surface area contributed by atoms with E-state index in [4.69, 9.17) is 4.74 Å². The van der Waals surface area contributed by atoms with Gasteiger partial charge in [-0.1, -0.05) is 54.6 Å². The Morgan fingerprint density at radius 2 is 1.61 bits per heavy atom. The van der Waals surface area contributed by atoms with E-state index in [1.165, 1.54) is 11.6 Å². The predicted molar refractivity (Wildman–Crippen MR) is 119 cm³/mol. The number of anilines is 1. The van der Waals surface area contributed by atoms with Gasteiger partial charge < -0.3 is 10.1 Å². The number of amides is 1. The first-order valence-electron chi connectivity index (χ1n) is 9.99. The summed E-state index contributed by atoms with van der Waals surface area (Å²) in [4.78, 5) is 38.0. The zero-order valence-corrected chi connectivity index (χ0v) is 17.2. The fourth-order valence-electron chi connectivity index (χ4n) is 3.44. The van der Waals surface area contributed by atoms with Crippen LogP contribution in [0.1, 0.15) is 24.3 Å². The lowest BCUT2D eigenvalue weighted by atomic mass is 10.1. The van der Waals surface area contributed by atoms with Crippen LogP contribution in [0, 0.1) is 0 Å². The number of nitrogens with zero attached hydrogens (tertiary/aromatic N) is 2.